The van der Waals surface area contributed by atoms with Crippen molar-refractivity contribution in [2.45, 2.75) is 45.1 Å². The Balaban J connectivity index is 1.93. The highest BCUT2D eigenvalue weighted by Gasteiger charge is 2.34. The summed E-state index contributed by atoms with van der Waals surface area (Å²) in [7, 11) is 0. The average Bonchev–Trinajstić information content (AvgIpc) is 2.83. The van der Waals surface area contributed by atoms with Crippen LogP contribution in [0.1, 0.15) is 20.8 Å². The third-order valence-electron chi connectivity index (χ3n) is 3.71. The number of aliphatic hydroxyl groups is 1. The van der Waals surface area contributed by atoms with E-state index < -0.39 is 11.0 Å². The van der Waals surface area contributed by atoms with Crippen molar-refractivity contribution in [2.24, 2.45) is 0 Å². The Kier molecular flexibility index (Phi) is 4.60. The summed E-state index contributed by atoms with van der Waals surface area (Å²) in [6, 6.07) is 0. The summed E-state index contributed by atoms with van der Waals surface area (Å²) in [5, 5.41) is 24.7. The van der Waals surface area contributed by atoms with Gasteiger partial charge in [0, 0.05) is 18.6 Å². The first-order chi connectivity index (χ1) is 9.78. The number of aliphatic hydroxyl groups excluding tert-OH is 1. The lowest BCUT2D eigenvalue weighted by molar-refractivity contribution is -0.385. The molecule has 118 valence electrons. The lowest BCUT2D eigenvalue weighted by Crippen LogP contribution is -2.57. The van der Waals surface area contributed by atoms with E-state index in [0.717, 1.165) is 6.54 Å². The second-order valence-corrected chi connectivity index (χ2v) is 6.17. The van der Waals surface area contributed by atoms with Gasteiger partial charge in [0.2, 0.25) is 0 Å². The first-order valence-electron chi connectivity index (χ1n) is 6.99. The first-order valence-corrected chi connectivity index (χ1v) is 6.99. The molecule has 0 bridgehead atoms. The predicted molar refractivity (Wildman–Crippen MR) is 76.0 cm³/mol. The minimum atomic E-state index is -0.644. The molecule has 0 radical (unpaired) electrons. The van der Waals surface area contributed by atoms with Gasteiger partial charge < -0.3 is 9.84 Å². The Morgan fingerprint density at radius 1 is 1.62 bits per heavy atom. The maximum Gasteiger partial charge on any atom is 0.306 e. The Morgan fingerprint density at radius 2 is 2.33 bits per heavy atom. The Labute approximate surface area is 123 Å². The van der Waals surface area contributed by atoms with Gasteiger partial charge in [0.15, 0.2) is 0 Å². The van der Waals surface area contributed by atoms with Crippen molar-refractivity contribution in [3.63, 3.8) is 0 Å². The minimum absolute atomic E-state index is 0.0671. The largest absolute Gasteiger partial charge is 0.390 e. The van der Waals surface area contributed by atoms with E-state index >= 15 is 0 Å². The Morgan fingerprint density at radius 3 is 2.95 bits per heavy atom. The molecule has 0 spiro atoms. The molecule has 0 saturated carbocycles. The molecule has 0 aromatic carbocycles. The van der Waals surface area contributed by atoms with Gasteiger partial charge in [-0.1, -0.05) is 0 Å². The molecule has 1 fully saturated rings. The Bertz CT molecular complexity index is 502. The molecule has 2 heterocycles. The van der Waals surface area contributed by atoms with Gasteiger partial charge in [-0.25, -0.2) is 0 Å². The SMILES string of the molecule is CC1CN(CC(O)Cn2cc([N+](=O)[O-])cn2)C(C)(C)CO1. The normalized spacial score (nSPS) is 23.9. The van der Waals surface area contributed by atoms with Gasteiger partial charge in [0.25, 0.3) is 0 Å². The zero-order valence-electron chi connectivity index (χ0n) is 12.6. The monoisotopic (exact) mass is 298 g/mol. The highest BCUT2D eigenvalue weighted by molar-refractivity contribution is 5.20. The molecule has 1 aromatic heterocycles. The fourth-order valence-electron chi connectivity index (χ4n) is 2.44. The van der Waals surface area contributed by atoms with Gasteiger partial charge in [-0.2, -0.15) is 5.10 Å². The molecule has 8 heteroatoms. The lowest BCUT2D eigenvalue weighted by atomic mass is 10.0. The molecule has 1 N–H and O–H groups in total. The van der Waals surface area contributed by atoms with E-state index in [1.165, 1.54) is 17.1 Å². The molecule has 2 unspecified atom stereocenters. The van der Waals surface area contributed by atoms with E-state index in [-0.39, 0.29) is 23.9 Å². The molecule has 1 aliphatic heterocycles. The first kappa shape index (κ1) is 15.9. The van der Waals surface area contributed by atoms with E-state index in [4.69, 9.17) is 4.74 Å². The molecule has 1 saturated heterocycles. The molecule has 1 aliphatic rings. The molecular weight excluding hydrogens is 276 g/mol. The predicted octanol–water partition coefficient (Wildman–Crippen LogP) is 0.651. The van der Waals surface area contributed by atoms with Gasteiger partial charge in [-0.05, 0) is 20.8 Å². The number of nitro groups is 1. The number of β-amino-alcohol motifs (C(OH)–C–C–N with tert-alkyl or cyclic N) is 1. The van der Waals surface area contributed by atoms with Gasteiger partial charge in [-0.15, -0.1) is 0 Å². The maximum absolute atomic E-state index is 10.6. The quantitative estimate of drug-likeness (QED) is 0.633. The summed E-state index contributed by atoms with van der Waals surface area (Å²) in [6.45, 7) is 8.24. The molecule has 0 aliphatic carbocycles. The summed E-state index contributed by atoms with van der Waals surface area (Å²) >= 11 is 0. The van der Waals surface area contributed by atoms with Crippen molar-refractivity contribution in [3.05, 3.63) is 22.5 Å². The van der Waals surface area contributed by atoms with Crippen molar-refractivity contribution >= 4 is 5.69 Å². The van der Waals surface area contributed by atoms with Crippen molar-refractivity contribution in [3.8, 4) is 0 Å². The van der Waals surface area contributed by atoms with Crippen LogP contribution in [-0.4, -0.2) is 62.2 Å². The minimum Gasteiger partial charge on any atom is -0.390 e. The van der Waals surface area contributed by atoms with Gasteiger partial charge >= 0.3 is 5.69 Å². The number of nitrogens with zero attached hydrogens (tertiary/aromatic N) is 4. The standard InChI is InChI=1S/C13H22N4O4/c1-10-5-15(13(2,3)9-21-10)7-12(18)8-16-6-11(4-14-16)17(19)20/h4,6,10,12,18H,5,7-9H2,1-3H3. The Hall–Kier alpha value is -1.51. The van der Waals surface area contributed by atoms with Crippen LogP contribution in [-0.2, 0) is 11.3 Å². The molecule has 2 rings (SSSR count). The molecular formula is C13H22N4O4. The summed E-state index contributed by atoms with van der Waals surface area (Å²) in [4.78, 5) is 12.3. The molecule has 2 atom stereocenters. The summed E-state index contributed by atoms with van der Waals surface area (Å²) in [5.74, 6) is 0. The average molecular weight is 298 g/mol. The van der Waals surface area contributed by atoms with Crippen molar-refractivity contribution in [1.29, 1.82) is 0 Å². The summed E-state index contributed by atoms with van der Waals surface area (Å²) in [5.41, 5.74) is -0.202. The van der Waals surface area contributed by atoms with Crippen LogP contribution in [0.5, 0.6) is 0 Å². The topological polar surface area (TPSA) is 93.7 Å². The number of morpholine rings is 1. The van der Waals surface area contributed by atoms with Crippen LogP contribution in [0.25, 0.3) is 0 Å². The number of ether oxygens (including phenoxy) is 1. The second-order valence-electron chi connectivity index (χ2n) is 6.17. The van der Waals surface area contributed by atoms with Crippen molar-refractivity contribution in [1.82, 2.24) is 14.7 Å². The third kappa shape index (κ3) is 3.99. The zero-order valence-corrected chi connectivity index (χ0v) is 12.6. The molecule has 21 heavy (non-hydrogen) atoms. The smallest absolute Gasteiger partial charge is 0.306 e. The van der Waals surface area contributed by atoms with E-state index in [9.17, 15) is 15.2 Å². The van der Waals surface area contributed by atoms with E-state index in [2.05, 4.69) is 23.8 Å². The zero-order chi connectivity index (χ0) is 15.6. The van der Waals surface area contributed by atoms with E-state index in [0.29, 0.717) is 13.2 Å². The summed E-state index contributed by atoms with van der Waals surface area (Å²) in [6.07, 6.45) is 2.01. The van der Waals surface area contributed by atoms with Crippen LogP contribution in [0.3, 0.4) is 0 Å². The number of hydrogen-bond donors (Lipinski definition) is 1. The fraction of sp³-hybridized carbons (Fsp3) is 0.769. The van der Waals surface area contributed by atoms with E-state index in [1.807, 2.05) is 6.92 Å². The van der Waals surface area contributed by atoms with Crippen LogP contribution in [0.4, 0.5) is 5.69 Å². The van der Waals surface area contributed by atoms with Gasteiger partial charge in [0.1, 0.15) is 12.4 Å². The maximum atomic E-state index is 10.6. The van der Waals surface area contributed by atoms with Gasteiger partial charge in [-0.3, -0.25) is 19.7 Å². The molecule has 1 aromatic rings. The number of hydrogen-bond acceptors (Lipinski definition) is 6. The number of rotatable bonds is 5. The highest BCUT2D eigenvalue weighted by atomic mass is 16.6. The van der Waals surface area contributed by atoms with Crippen molar-refractivity contribution < 1.29 is 14.8 Å². The fourth-order valence-corrected chi connectivity index (χ4v) is 2.44. The highest BCUT2D eigenvalue weighted by Crippen LogP contribution is 2.22. The number of aromatic nitrogens is 2. The lowest BCUT2D eigenvalue weighted by Gasteiger charge is -2.45. The van der Waals surface area contributed by atoms with Crippen LogP contribution in [0.2, 0.25) is 0 Å². The van der Waals surface area contributed by atoms with Crippen LogP contribution in [0, 0.1) is 10.1 Å². The van der Waals surface area contributed by atoms with Crippen LogP contribution < -0.4 is 0 Å². The van der Waals surface area contributed by atoms with E-state index in [1.54, 1.807) is 0 Å². The van der Waals surface area contributed by atoms with Crippen LogP contribution in [0.15, 0.2) is 12.4 Å². The van der Waals surface area contributed by atoms with Crippen molar-refractivity contribution in [2.75, 3.05) is 19.7 Å². The molecule has 8 nitrogen and oxygen atoms in total. The summed E-state index contributed by atoms with van der Waals surface area (Å²) < 4.78 is 7.04. The van der Waals surface area contributed by atoms with Crippen LogP contribution >= 0.6 is 0 Å². The third-order valence-corrected chi connectivity index (χ3v) is 3.71. The van der Waals surface area contributed by atoms with Gasteiger partial charge in [0.05, 0.1) is 30.3 Å². The second kappa shape index (κ2) is 6.08. The molecule has 0 amide bonds.